The minimum atomic E-state index is -0.501. The number of hydrogen-bond acceptors (Lipinski definition) is 5. The summed E-state index contributed by atoms with van der Waals surface area (Å²) in [7, 11) is 0. The van der Waals surface area contributed by atoms with Crippen molar-refractivity contribution in [2.45, 2.75) is 4.58 Å². The predicted octanol–water partition coefficient (Wildman–Crippen LogP) is 3.28. The lowest BCUT2D eigenvalue weighted by Gasteiger charge is -2.10. The molecule has 0 aliphatic carbocycles. The maximum atomic E-state index is 11.9. The highest BCUT2D eigenvalue weighted by molar-refractivity contribution is 8.19. The molecule has 0 radical (unpaired) electrons. The van der Waals surface area contributed by atoms with Gasteiger partial charge in [0.2, 0.25) is 5.91 Å². The van der Waals surface area contributed by atoms with Gasteiger partial charge in [0.05, 0.1) is 4.58 Å². The van der Waals surface area contributed by atoms with Crippen LogP contribution in [-0.2, 0) is 4.79 Å². The molecule has 2 amide bonds. The van der Waals surface area contributed by atoms with E-state index in [0.717, 1.165) is 0 Å². The van der Waals surface area contributed by atoms with Crippen molar-refractivity contribution in [1.82, 2.24) is 0 Å². The van der Waals surface area contributed by atoms with Gasteiger partial charge in [-0.25, -0.2) is 0 Å². The highest BCUT2D eigenvalue weighted by Crippen LogP contribution is 2.45. The Bertz CT molecular complexity index is 742. The summed E-state index contributed by atoms with van der Waals surface area (Å²) in [5, 5.41) is 2.71. The SMILES string of the molecule is NC(=O)c1ccc(NC(=O)COc2ccc(C3SCCS3)cc2)cc1. The van der Waals surface area contributed by atoms with Gasteiger partial charge in [-0.1, -0.05) is 12.1 Å². The molecule has 2 aromatic carbocycles. The van der Waals surface area contributed by atoms with E-state index in [1.54, 1.807) is 24.3 Å². The summed E-state index contributed by atoms with van der Waals surface area (Å²) >= 11 is 3.91. The van der Waals surface area contributed by atoms with Crippen LogP contribution in [0.2, 0.25) is 0 Å². The molecule has 0 atom stereocenters. The van der Waals surface area contributed by atoms with Crippen LogP contribution in [0.15, 0.2) is 48.5 Å². The molecule has 1 fully saturated rings. The number of hydrogen-bond donors (Lipinski definition) is 2. The van der Waals surface area contributed by atoms with Gasteiger partial charge in [0.15, 0.2) is 6.61 Å². The van der Waals surface area contributed by atoms with Gasteiger partial charge in [-0.15, -0.1) is 23.5 Å². The normalized spacial score (nSPS) is 14.2. The van der Waals surface area contributed by atoms with Crippen molar-refractivity contribution >= 4 is 41.0 Å². The summed E-state index contributed by atoms with van der Waals surface area (Å²) in [5.74, 6) is 2.27. The summed E-state index contributed by atoms with van der Waals surface area (Å²) in [6.45, 7) is -0.0795. The standard InChI is InChI=1S/C18H18N2O3S2/c19-17(22)12-1-5-14(6-2-12)20-16(21)11-23-15-7-3-13(4-8-15)18-24-9-10-25-18/h1-8,18H,9-11H2,(H2,19,22)(H,20,21). The lowest BCUT2D eigenvalue weighted by atomic mass is 10.2. The molecule has 0 spiro atoms. The molecule has 1 aliphatic rings. The lowest BCUT2D eigenvalue weighted by Crippen LogP contribution is -2.20. The Kier molecular flexibility index (Phi) is 5.88. The third-order valence-electron chi connectivity index (χ3n) is 3.60. The first-order chi connectivity index (χ1) is 12.1. The molecule has 1 saturated heterocycles. The Labute approximate surface area is 154 Å². The quantitative estimate of drug-likeness (QED) is 0.811. The minimum absolute atomic E-state index is 0.0795. The molecule has 3 N–H and O–H groups in total. The zero-order valence-electron chi connectivity index (χ0n) is 13.4. The molecule has 5 nitrogen and oxygen atoms in total. The number of primary amides is 1. The van der Waals surface area contributed by atoms with Crippen LogP contribution in [-0.4, -0.2) is 29.9 Å². The van der Waals surface area contributed by atoms with Crippen LogP contribution in [0.4, 0.5) is 5.69 Å². The summed E-state index contributed by atoms with van der Waals surface area (Å²) in [5.41, 5.74) is 7.44. The molecule has 130 valence electrons. The monoisotopic (exact) mass is 374 g/mol. The minimum Gasteiger partial charge on any atom is -0.484 e. The summed E-state index contributed by atoms with van der Waals surface area (Å²) in [4.78, 5) is 23.0. The Morgan fingerprint density at radius 2 is 1.68 bits per heavy atom. The second-order valence-electron chi connectivity index (χ2n) is 5.42. The summed E-state index contributed by atoms with van der Waals surface area (Å²) in [6.07, 6.45) is 0. The fourth-order valence-corrected chi connectivity index (χ4v) is 5.20. The van der Waals surface area contributed by atoms with Gasteiger partial charge in [-0.05, 0) is 42.0 Å². The molecule has 25 heavy (non-hydrogen) atoms. The number of rotatable bonds is 6. The van der Waals surface area contributed by atoms with Crippen LogP contribution in [0.1, 0.15) is 20.5 Å². The Balaban J connectivity index is 1.49. The van der Waals surface area contributed by atoms with E-state index in [9.17, 15) is 9.59 Å². The van der Waals surface area contributed by atoms with E-state index < -0.39 is 5.91 Å². The second-order valence-corrected chi connectivity index (χ2v) is 8.15. The number of amides is 2. The molecule has 0 bridgehead atoms. The Hall–Kier alpha value is -2.12. The molecule has 2 aromatic rings. The molecular formula is C18H18N2O3S2. The smallest absolute Gasteiger partial charge is 0.262 e. The van der Waals surface area contributed by atoms with Crippen molar-refractivity contribution in [3.8, 4) is 5.75 Å². The second kappa shape index (κ2) is 8.31. The third-order valence-corrected chi connectivity index (χ3v) is 6.70. The van der Waals surface area contributed by atoms with Gasteiger partial charge >= 0.3 is 0 Å². The van der Waals surface area contributed by atoms with Crippen LogP contribution in [0.5, 0.6) is 5.75 Å². The number of benzene rings is 2. The van der Waals surface area contributed by atoms with Crippen molar-refractivity contribution < 1.29 is 14.3 Å². The summed E-state index contributed by atoms with van der Waals surface area (Å²) in [6, 6.07) is 14.3. The van der Waals surface area contributed by atoms with Crippen molar-refractivity contribution in [2.75, 3.05) is 23.4 Å². The van der Waals surface area contributed by atoms with E-state index in [-0.39, 0.29) is 12.5 Å². The number of nitrogens with two attached hydrogens (primary N) is 1. The predicted molar refractivity (Wildman–Crippen MR) is 103 cm³/mol. The van der Waals surface area contributed by atoms with Crippen molar-refractivity contribution in [3.63, 3.8) is 0 Å². The average Bonchev–Trinajstić information content (AvgIpc) is 3.15. The third kappa shape index (κ3) is 4.93. The highest BCUT2D eigenvalue weighted by Gasteiger charge is 2.18. The molecule has 0 saturated carbocycles. The van der Waals surface area contributed by atoms with Crippen LogP contribution in [0.25, 0.3) is 0 Å². The van der Waals surface area contributed by atoms with E-state index >= 15 is 0 Å². The van der Waals surface area contributed by atoms with Gasteiger partial charge < -0.3 is 15.8 Å². The first-order valence-electron chi connectivity index (χ1n) is 7.77. The van der Waals surface area contributed by atoms with E-state index in [0.29, 0.717) is 21.6 Å². The number of nitrogens with one attached hydrogen (secondary N) is 1. The first-order valence-corrected chi connectivity index (χ1v) is 9.87. The number of carbonyl (C=O) groups is 2. The first kappa shape index (κ1) is 17.7. The summed E-state index contributed by atoms with van der Waals surface area (Å²) < 4.78 is 6.02. The van der Waals surface area contributed by atoms with Gasteiger partial charge in [-0.2, -0.15) is 0 Å². The molecule has 0 unspecified atom stereocenters. The fourth-order valence-electron chi connectivity index (χ4n) is 2.34. The number of ether oxygens (including phenoxy) is 1. The number of anilines is 1. The fraction of sp³-hybridized carbons (Fsp3) is 0.222. The van der Waals surface area contributed by atoms with Gasteiger partial charge in [0, 0.05) is 22.8 Å². The van der Waals surface area contributed by atoms with Crippen LogP contribution in [0, 0.1) is 0 Å². The van der Waals surface area contributed by atoms with Crippen molar-refractivity contribution in [1.29, 1.82) is 0 Å². The van der Waals surface area contributed by atoms with Crippen LogP contribution < -0.4 is 15.8 Å². The number of carbonyl (C=O) groups excluding carboxylic acids is 2. The maximum absolute atomic E-state index is 11.9. The van der Waals surface area contributed by atoms with Crippen LogP contribution >= 0.6 is 23.5 Å². The van der Waals surface area contributed by atoms with Gasteiger partial charge in [0.25, 0.3) is 5.91 Å². The number of thioether (sulfide) groups is 2. The molecular weight excluding hydrogens is 356 g/mol. The molecule has 7 heteroatoms. The average molecular weight is 374 g/mol. The molecule has 1 aliphatic heterocycles. The van der Waals surface area contributed by atoms with Crippen molar-refractivity contribution in [2.24, 2.45) is 5.73 Å². The zero-order chi connectivity index (χ0) is 17.6. The molecule has 1 heterocycles. The topological polar surface area (TPSA) is 81.4 Å². The Morgan fingerprint density at radius 1 is 1.04 bits per heavy atom. The van der Waals surface area contributed by atoms with E-state index in [2.05, 4.69) is 5.32 Å². The largest absolute Gasteiger partial charge is 0.484 e. The van der Waals surface area contributed by atoms with Gasteiger partial charge in [0.1, 0.15) is 5.75 Å². The zero-order valence-corrected chi connectivity index (χ0v) is 15.1. The van der Waals surface area contributed by atoms with E-state index in [1.807, 2.05) is 47.8 Å². The van der Waals surface area contributed by atoms with Gasteiger partial charge in [-0.3, -0.25) is 9.59 Å². The van der Waals surface area contributed by atoms with Crippen LogP contribution in [0.3, 0.4) is 0 Å². The van der Waals surface area contributed by atoms with E-state index in [1.165, 1.54) is 17.1 Å². The highest BCUT2D eigenvalue weighted by atomic mass is 32.2. The van der Waals surface area contributed by atoms with E-state index in [4.69, 9.17) is 10.5 Å². The maximum Gasteiger partial charge on any atom is 0.262 e. The molecule has 3 rings (SSSR count). The van der Waals surface area contributed by atoms with Crippen molar-refractivity contribution in [3.05, 3.63) is 59.7 Å². The Morgan fingerprint density at radius 3 is 2.28 bits per heavy atom. The lowest BCUT2D eigenvalue weighted by molar-refractivity contribution is -0.118. The molecule has 0 aromatic heterocycles.